The molecule has 0 bridgehead atoms. The van der Waals surface area contributed by atoms with Crippen LogP contribution in [-0.2, 0) is 14.8 Å². The normalized spacial score (nSPS) is 27.0. The molecule has 8 heteroatoms. The van der Waals surface area contributed by atoms with Gasteiger partial charge < -0.3 is 4.74 Å². The third-order valence-electron chi connectivity index (χ3n) is 4.41. The van der Waals surface area contributed by atoms with Crippen LogP contribution in [0.4, 0.5) is 0 Å². The second kappa shape index (κ2) is 6.04. The SMILES string of the molecule is CS(=O)(=O)N1CCC(N2CCOC[C@@H]2c2ccn[nH]2)CC1. The lowest BCUT2D eigenvalue weighted by atomic mass is 10.0. The van der Waals surface area contributed by atoms with E-state index in [1.54, 1.807) is 10.5 Å². The van der Waals surface area contributed by atoms with Gasteiger partial charge in [0.2, 0.25) is 10.0 Å². The van der Waals surface area contributed by atoms with E-state index in [-0.39, 0.29) is 6.04 Å². The minimum Gasteiger partial charge on any atom is -0.378 e. The van der Waals surface area contributed by atoms with Crippen LogP contribution >= 0.6 is 0 Å². The maximum Gasteiger partial charge on any atom is 0.211 e. The topological polar surface area (TPSA) is 78.5 Å². The van der Waals surface area contributed by atoms with E-state index >= 15 is 0 Å². The van der Waals surface area contributed by atoms with Crippen molar-refractivity contribution >= 4 is 10.0 Å². The Balaban J connectivity index is 1.68. The molecule has 21 heavy (non-hydrogen) atoms. The Morgan fingerprint density at radius 2 is 2.10 bits per heavy atom. The van der Waals surface area contributed by atoms with E-state index in [9.17, 15) is 8.42 Å². The molecule has 1 aromatic heterocycles. The Bertz CT molecular complexity index is 552. The van der Waals surface area contributed by atoms with Gasteiger partial charge in [-0.15, -0.1) is 0 Å². The first-order valence-corrected chi connectivity index (χ1v) is 9.18. The Morgan fingerprint density at radius 3 is 2.71 bits per heavy atom. The van der Waals surface area contributed by atoms with E-state index in [1.807, 2.05) is 6.07 Å². The Labute approximate surface area is 125 Å². The average Bonchev–Trinajstić information content (AvgIpc) is 3.01. The standard InChI is InChI=1S/C13H22N4O3S/c1-21(18,19)16-6-3-11(4-7-16)17-8-9-20-10-13(17)12-2-5-14-15-12/h2,5,11,13H,3-4,6-10H2,1H3,(H,14,15)/t13-/m1/s1. The predicted octanol–water partition coefficient (Wildman–Crippen LogP) is 0.207. The fourth-order valence-electron chi connectivity index (χ4n) is 3.28. The van der Waals surface area contributed by atoms with Gasteiger partial charge in [0.1, 0.15) is 0 Å². The van der Waals surface area contributed by atoms with Crippen LogP contribution in [0.25, 0.3) is 0 Å². The number of H-pyrrole nitrogens is 1. The number of hydrogen-bond acceptors (Lipinski definition) is 5. The van der Waals surface area contributed by atoms with Crippen molar-refractivity contribution in [1.29, 1.82) is 0 Å². The summed E-state index contributed by atoms with van der Waals surface area (Å²) in [5, 5.41) is 7.06. The van der Waals surface area contributed by atoms with Crippen LogP contribution in [0, 0.1) is 0 Å². The van der Waals surface area contributed by atoms with Crippen LogP contribution in [0.5, 0.6) is 0 Å². The molecule has 3 heterocycles. The van der Waals surface area contributed by atoms with Gasteiger partial charge in [-0.2, -0.15) is 5.10 Å². The number of nitrogens with zero attached hydrogens (tertiary/aromatic N) is 3. The van der Waals surface area contributed by atoms with Crippen molar-refractivity contribution in [3.63, 3.8) is 0 Å². The van der Waals surface area contributed by atoms with E-state index in [4.69, 9.17) is 4.74 Å². The molecule has 1 atom stereocenters. The van der Waals surface area contributed by atoms with Gasteiger partial charge >= 0.3 is 0 Å². The number of ether oxygens (including phenoxy) is 1. The Morgan fingerprint density at radius 1 is 1.33 bits per heavy atom. The summed E-state index contributed by atoms with van der Waals surface area (Å²) >= 11 is 0. The van der Waals surface area contributed by atoms with Gasteiger partial charge in [0, 0.05) is 31.9 Å². The van der Waals surface area contributed by atoms with Crippen molar-refractivity contribution < 1.29 is 13.2 Å². The van der Waals surface area contributed by atoms with Gasteiger partial charge in [0.25, 0.3) is 0 Å². The highest BCUT2D eigenvalue weighted by atomic mass is 32.2. The van der Waals surface area contributed by atoms with Crippen LogP contribution in [0.2, 0.25) is 0 Å². The van der Waals surface area contributed by atoms with E-state index in [2.05, 4.69) is 15.1 Å². The van der Waals surface area contributed by atoms with Gasteiger partial charge in [-0.25, -0.2) is 12.7 Å². The summed E-state index contributed by atoms with van der Waals surface area (Å²) in [7, 11) is -3.06. The molecule has 0 aromatic carbocycles. The smallest absolute Gasteiger partial charge is 0.211 e. The lowest BCUT2D eigenvalue weighted by molar-refractivity contribution is -0.0405. The Kier molecular flexibility index (Phi) is 4.30. The number of piperidine rings is 1. The number of aromatic amines is 1. The van der Waals surface area contributed by atoms with Crippen molar-refractivity contribution in [3.05, 3.63) is 18.0 Å². The summed E-state index contributed by atoms with van der Waals surface area (Å²) in [5.74, 6) is 0. The van der Waals surface area contributed by atoms with Crippen LogP contribution in [0.3, 0.4) is 0 Å². The number of aromatic nitrogens is 2. The highest BCUT2D eigenvalue weighted by Crippen LogP contribution is 2.29. The van der Waals surface area contributed by atoms with Crippen molar-refractivity contribution in [2.75, 3.05) is 39.1 Å². The van der Waals surface area contributed by atoms with Crippen molar-refractivity contribution in [1.82, 2.24) is 19.4 Å². The van der Waals surface area contributed by atoms with Gasteiger partial charge in [-0.1, -0.05) is 0 Å². The van der Waals surface area contributed by atoms with E-state index < -0.39 is 10.0 Å². The predicted molar refractivity (Wildman–Crippen MR) is 78.3 cm³/mol. The minimum atomic E-state index is -3.06. The van der Waals surface area contributed by atoms with E-state index in [1.165, 1.54) is 6.26 Å². The monoisotopic (exact) mass is 314 g/mol. The van der Waals surface area contributed by atoms with Crippen LogP contribution in [0.15, 0.2) is 12.3 Å². The van der Waals surface area contributed by atoms with E-state index in [0.717, 1.165) is 31.7 Å². The molecule has 0 aliphatic carbocycles. The maximum absolute atomic E-state index is 11.6. The molecule has 1 N–H and O–H groups in total. The molecule has 118 valence electrons. The molecule has 7 nitrogen and oxygen atoms in total. The van der Waals surface area contributed by atoms with Crippen molar-refractivity contribution in [3.8, 4) is 0 Å². The first-order valence-electron chi connectivity index (χ1n) is 7.33. The summed E-state index contributed by atoms with van der Waals surface area (Å²) in [5.41, 5.74) is 1.07. The quantitative estimate of drug-likeness (QED) is 0.863. The summed E-state index contributed by atoms with van der Waals surface area (Å²) in [6.07, 6.45) is 4.79. The third-order valence-corrected chi connectivity index (χ3v) is 5.72. The van der Waals surface area contributed by atoms with Crippen molar-refractivity contribution in [2.45, 2.75) is 24.9 Å². The number of rotatable bonds is 3. The van der Waals surface area contributed by atoms with Crippen LogP contribution in [0.1, 0.15) is 24.6 Å². The maximum atomic E-state index is 11.6. The number of sulfonamides is 1. The molecule has 0 unspecified atom stereocenters. The summed E-state index contributed by atoms with van der Waals surface area (Å²) in [4.78, 5) is 2.44. The lowest BCUT2D eigenvalue weighted by Gasteiger charge is -2.43. The molecule has 2 aliphatic rings. The summed E-state index contributed by atoms with van der Waals surface area (Å²) in [6, 6.07) is 2.58. The molecule has 0 amide bonds. The van der Waals surface area contributed by atoms with Gasteiger partial charge in [0.05, 0.1) is 31.2 Å². The molecule has 2 aliphatic heterocycles. The number of morpholine rings is 1. The highest BCUT2D eigenvalue weighted by Gasteiger charge is 2.34. The molecule has 0 spiro atoms. The zero-order valence-electron chi connectivity index (χ0n) is 12.2. The highest BCUT2D eigenvalue weighted by molar-refractivity contribution is 7.88. The summed E-state index contributed by atoms with van der Waals surface area (Å²) in [6.45, 7) is 3.49. The van der Waals surface area contributed by atoms with Crippen molar-refractivity contribution in [2.24, 2.45) is 0 Å². The Hall–Kier alpha value is -0.960. The number of hydrogen-bond donors (Lipinski definition) is 1. The lowest BCUT2D eigenvalue weighted by Crippen LogP contribution is -2.51. The minimum absolute atomic E-state index is 0.191. The first kappa shape index (κ1) is 15.0. The fraction of sp³-hybridized carbons (Fsp3) is 0.769. The fourth-order valence-corrected chi connectivity index (χ4v) is 4.15. The molecule has 2 fully saturated rings. The largest absolute Gasteiger partial charge is 0.378 e. The molecular formula is C13H22N4O3S. The van der Waals surface area contributed by atoms with Gasteiger partial charge in [0.15, 0.2) is 0 Å². The second-order valence-electron chi connectivity index (χ2n) is 5.73. The molecule has 0 radical (unpaired) electrons. The second-order valence-corrected chi connectivity index (χ2v) is 7.72. The van der Waals surface area contributed by atoms with Gasteiger partial charge in [-0.3, -0.25) is 10.00 Å². The summed E-state index contributed by atoms with van der Waals surface area (Å²) < 4.78 is 30.4. The van der Waals surface area contributed by atoms with Crippen LogP contribution in [-0.4, -0.2) is 73.0 Å². The average molecular weight is 314 g/mol. The molecule has 0 saturated carbocycles. The first-order chi connectivity index (χ1) is 10.1. The zero-order chi connectivity index (χ0) is 14.9. The zero-order valence-corrected chi connectivity index (χ0v) is 13.1. The third kappa shape index (κ3) is 3.28. The van der Waals surface area contributed by atoms with Crippen LogP contribution < -0.4 is 0 Å². The molecule has 3 rings (SSSR count). The number of nitrogens with one attached hydrogen (secondary N) is 1. The molecule has 2 saturated heterocycles. The van der Waals surface area contributed by atoms with Gasteiger partial charge in [-0.05, 0) is 18.9 Å². The molecule has 1 aromatic rings. The van der Waals surface area contributed by atoms with E-state index in [0.29, 0.717) is 25.7 Å². The molecular weight excluding hydrogens is 292 g/mol.